The number of rotatable bonds is 4. The maximum Gasteiger partial charge on any atom is 0.234 e. The first-order chi connectivity index (χ1) is 10.1. The van der Waals surface area contributed by atoms with Crippen molar-refractivity contribution in [1.82, 2.24) is 15.5 Å². The van der Waals surface area contributed by atoms with E-state index in [0.29, 0.717) is 36.6 Å². The van der Waals surface area contributed by atoms with E-state index in [4.69, 9.17) is 0 Å². The summed E-state index contributed by atoms with van der Waals surface area (Å²) in [6, 6.07) is 2.37. The van der Waals surface area contributed by atoms with Crippen LogP contribution in [0.25, 0.3) is 0 Å². The van der Waals surface area contributed by atoms with Crippen LogP contribution in [0.4, 0.5) is 0 Å². The highest BCUT2D eigenvalue weighted by molar-refractivity contribution is 5.78. The Bertz CT molecular complexity index is 361. The number of likely N-dealkylation sites (N-methyl/N-ethyl adjacent to an activating group) is 1. The molecule has 0 aromatic carbocycles. The van der Waals surface area contributed by atoms with Gasteiger partial charge in [0.2, 0.25) is 5.91 Å². The van der Waals surface area contributed by atoms with E-state index in [9.17, 15) is 4.79 Å². The van der Waals surface area contributed by atoms with Crippen LogP contribution in [-0.4, -0.2) is 48.6 Å². The van der Waals surface area contributed by atoms with Crippen LogP contribution in [0.3, 0.4) is 0 Å². The number of nitrogens with zero attached hydrogens (tertiary/aromatic N) is 1. The highest BCUT2D eigenvalue weighted by Gasteiger charge is 2.35. The fourth-order valence-electron chi connectivity index (χ4n) is 4.53. The third kappa shape index (κ3) is 3.78. The first-order valence-electron chi connectivity index (χ1n) is 8.87. The average Bonchev–Trinajstić information content (AvgIpc) is 2.80. The maximum atomic E-state index is 12.3. The van der Waals surface area contributed by atoms with Crippen LogP contribution in [0.2, 0.25) is 0 Å². The number of carbonyl (C=O) groups is 1. The van der Waals surface area contributed by atoms with Crippen LogP contribution in [0.1, 0.15) is 58.3 Å². The van der Waals surface area contributed by atoms with Gasteiger partial charge in [0.1, 0.15) is 0 Å². The highest BCUT2D eigenvalue weighted by Crippen LogP contribution is 2.29. The molecule has 3 aliphatic rings. The molecule has 1 amide bonds. The molecule has 1 saturated carbocycles. The number of hydrogen-bond donors (Lipinski definition) is 2. The van der Waals surface area contributed by atoms with Crippen molar-refractivity contribution >= 4 is 5.91 Å². The van der Waals surface area contributed by atoms with Gasteiger partial charge in [-0.15, -0.1) is 0 Å². The van der Waals surface area contributed by atoms with E-state index in [1.54, 1.807) is 0 Å². The van der Waals surface area contributed by atoms with Gasteiger partial charge in [0, 0.05) is 24.2 Å². The number of nitrogens with one attached hydrogen (secondary N) is 2. The van der Waals surface area contributed by atoms with Gasteiger partial charge < -0.3 is 10.6 Å². The standard InChI is InChI=1S/C17H31N3O/c1-12-5-3-4-6-16(12)19-17(21)11-20(2)15-9-13-7-8-14(10-15)18-13/h12-16,18H,3-11H2,1-2H3,(H,19,21). The summed E-state index contributed by atoms with van der Waals surface area (Å²) in [5, 5.41) is 6.95. The third-order valence-electron chi connectivity index (χ3n) is 5.92. The van der Waals surface area contributed by atoms with Gasteiger partial charge in [0.15, 0.2) is 0 Å². The fourth-order valence-corrected chi connectivity index (χ4v) is 4.53. The number of amides is 1. The molecule has 3 rings (SSSR count). The van der Waals surface area contributed by atoms with Gasteiger partial charge in [0.25, 0.3) is 0 Å². The van der Waals surface area contributed by atoms with Crippen LogP contribution >= 0.6 is 0 Å². The van der Waals surface area contributed by atoms with Crippen LogP contribution < -0.4 is 10.6 Å². The molecule has 2 aliphatic heterocycles. The zero-order valence-corrected chi connectivity index (χ0v) is 13.6. The van der Waals surface area contributed by atoms with Crippen molar-refractivity contribution in [3.05, 3.63) is 0 Å². The van der Waals surface area contributed by atoms with Crippen molar-refractivity contribution in [3.8, 4) is 0 Å². The molecule has 0 aromatic rings. The average molecular weight is 293 g/mol. The topological polar surface area (TPSA) is 44.4 Å². The monoisotopic (exact) mass is 293 g/mol. The number of carbonyl (C=O) groups excluding carboxylic acids is 1. The molecule has 21 heavy (non-hydrogen) atoms. The second-order valence-corrected chi connectivity index (χ2v) is 7.61. The molecule has 1 aliphatic carbocycles. The molecular formula is C17H31N3O. The minimum absolute atomic E-state index is 0.224. The van der Waals surface area contributed by atoms with Crippen molar-refractivity contribution in [2.75, 3.05) is 13.6 Å². The number of fused-ring (bicyclic) bond motifs is 2. The molecular weight excluding hydrogens is 262 g/mol. The lowest BCUT2D eigenvalue weighted by atomic mass is 9.86. The lowest BCUT2D eigenvalue weighted by Crippen LogP contribution is -2.51. The third-order valence-corrected chi connectivity index (χ3v) is 5.92. The Kier molecular flexibility index (Phi) is 4.85. The minimum atomic E-state index is 0.224. The molecule has 4 heteroatoms. The Morgan fingerprint density at radius 1 is 1.14 bits per heavy atom. The minimum Gasteiger partial charge on any atom is -0.352 e. The molecule has 0 spiro atoms. The van der Waals surface area contributed by atoms with E-state index >= 15 is 0 Å². The molecule has 4 atom stereocenters. The lowest BCUT2D eigenvalue weighted by molar-refractivity contribution is -0.123. The van der Waals surface area contributed by atoms with Gasteiger partial charge in [-0.3, -0.25) is 9.69 Å². The summed E-state index contributed by atoms with van der Waals surface area (Å²) in [6.07, 6.45) is 10.1. The van der Waals surface area contributed by atoms with Crippen LogP contribution in [0.15, 0.2) is 0 Å². The van der Waals surface area contributed by atoms with E-state index in [0.717, 1.165) is 6.42 Å². The highest BCUT2D eigenvalue weighted by atomic mass is 16.2. The Balaban J connectivity index is 1.45. The Morgan fingerprint density at radius 2 is 1.81 bits per heavy atom. The van der Waals surface area contributed by atoms with E-state index in [1.807, 2.05) is 0 Å². The van der Waals surface area contributed by atoms with Crippen molar-refractivity contribution in [1.29, 1.82) is 0 Å². The maximum absolute atomic E-state index is 12.3. The van der Waals surface area contributed by atoms with Gasteiger partial charge in [0.05, 0.1) is 6.54 Å². The molecule has 2 saturated heterocycles. The zero-order chi connectivity index (χ0) is 14.8. The molecule has 2 heterocycles. The molecule has 4 nitrogen and oxygen atoms in total. The van der Waals surface area contributed by atoms with E-state index in [-0.39, 0.29) is 5.91 Å². The van der Waals surface area contributed by atoms with Gasteiger partial charge in [-0.2, -0.15) is 0 Å². The van der Waals surface area contributed by atoms with Crippen LogP contribution in [-0.2, 0) is 4.79 Å². The molecule has 2 bridgehead atoms. The van der Waals surface area contributed by atoms with Crippen molar-refractivity contribution < 1.29 is 4.79 Å². The molecule has 0 radical (unpaired) electrons. The van der Waals surface area contributed by atoms with E-state index in [2.05, 4.69) is 29.5 Å². The summed E-state index contributed by atoms with van der Waals surface area (Å²) in [5.41, 5.74) is 0. The largest absolute Gasteiger partial charge is 0.352 e. The van der Waals surface area contributed by atoms with Crippen LogP contribution in [0, 0.1) is 5.92 Å². The Hall–Kier alpha value is -0.610. The van der Waals surface area contributed by atoms with Gasteiger partial charge >= 0.3 is 0 Å². The van der Waals surface area contributed by atoms with E-state index in [1.165, 1.54) is 44.9 Å². The zero-order valence-electron chi connectivity index (χ0n) is 13.6. The SMILES string of the molecule is CC1CCCCC1NC(=O)CN(C)C1CC2CCC(C1)N2. The van der Waals surface area contributed by atoms with Crippen LogP contribution in [0.5, 0.6) is 0 Å². The number of piperidine rings is 1. The first kappa shape index (κ1) is 15.3. The smallest absolute Gasteiger partial charge is 0.234 e. The molecule has 4 unspecified atom stereocenters. The van der Waals surface area contributed by atoms with Crippen molar-refractivity contribution in [2.45, 2.75) is 82.5 Å². The molecule has 120 valence electrons. The summed E-state index contributed by atoms with van der Waals surface area (Å²) in [7, 11) is 2.12. The summed E-state index contributed by atoms with van der Waals surface area (Å²) < 4.78 is 0. The second-order valence-electron chi connectivity index (χ2n) is 7.61. The van der Waals surface area contributed by atoms with Crippen molar-refractivity contribution in [3.63, 3.8) is 0 Å². The van der Waals surface area contributed by atoms with E-state index < -0.39 is 0 Å². The molecule has 3 fully saturated rings. The van der Waals surface area contributed by atoms with Crippen molar-refractivity contribution in [2.24, 2.45) is 5.92 Å². The van der Waals surface area contributed by atoms with Gasteiger partial charge in [-0.25, -0.2) is 0 Å². The summed E-state index contributed by atoms with van der Waals surface area (Å²) in [6.45, 7) is 2.84. The summed E-state index contributed by atoms with van der Waals surface area (Å²) in [4.78, 5) is 14.6. The molecule has 0 aromatic heterocycles. The number of hydrogen-bond acceptors (Lipinski definition) is 3. The Morgan fingerprint density at radius 3 is 2.48 bits per heavy atom. The van der Waals surface area contributed by atoms with Gasteiger partial charge in [-0.1, -0.05) is 19.8 Å². The normalized spacial score (nSPS) is 39.5. The predicted molar refractivity (Wildman–Crippen MR) is 85.2 cm³/mol. The summed E-state index contributed by atoms with van der Waals surface area (Å²) >= 11 is 0. The lowest BCUT2D eigenvalue weighted by Gasteiger charge is -2.36. The first-order valence-corrected chi connectivity index (χ1v) is 8.87. The van der Waals surface area contributed by atoms with Gasteiger partial charge in [-0.05, 0) is 51.5 Å². The second kappa shape index (κ2) is 6.66. The Labute approximate surface area is 129 Å². The quantitative estimate of drug-likeness (QED) is 0.832. The fraction of sp³-hybridized carbons (Fsp3) is 0.941. The summed E-state index contributed by atoms with van der Waals surface area (Å²) in [5.74, 6) is 0.866. The molecule has 2 N–H and O–H groups in total. The predicted octanol–water partition coefficient (Wildman–Crippen LogP) is 1.90.